The fraction of sp³-hybridized carbons (Fsp3) is 0. The molecule has 0 unspecified atom stereocenters. The Hall–Kier alpha value is -2.55. The molecule has 0 bridgehead atoms. The molecule has 0 atom stereocenters. The first-order valence-electron chi connectivity index (χ1n) is 5.28. The minimum absolute atomic E-state index is 0.0381. The largest absolute Gasteiger partial charge is 0.315 e. The van der Waals surface area contributed by atoms with Gasteiger partial charge in [-0.05, 0) is 18.2 Å². The molecule has 0 aliphatic heterocycles. The summed E-state index contributed by atoms with van der Waals surface area (Å²) in [5.74, 6) is -0.660. The molecule has 0 fully saturated rings. The molecule has 1 heterocycles. The average Bonchev–Trinajstić information content (AvgIpc) is 2.41. The first-order valence-corrected chi connectivity index (χ1v) is 6.07. The molecule has 2 rings (SSSR count). The van der Waals surface area contributed by atoms with E-state index < -0.39 is 16.4 Å². The Kier molecular flexibility index (Phi) is 3.89. The van der Waals surface area contributed by atoms with E-state index in [2.05, 4.69) is 31.4 Å². The first-order chi connectivity index (χ1) is 9.47. The van der Waals surface area contributed by atoms with E-state index in [0.29, 0.717) is 4.47 Å². The molecule has 0 saturated carbocycles. The number of hydrogen-bond acceptors (Lipinski definition) is 5. The van der Waals surface area contributed by atoms with E-state index in [1.54, 1.807) is 6.07 Å². The second kappa shape index (κ2) is 5.61. The van der Waals surface area contributed by atoms with Gasteiger partial charge in [0.2, 0.25) is 0 Å². The zero-order valence-corrected chi connectivity index (χ0v) is 11.4. The van der Waals surface area contributed by atoms with Crippen molar-refractivity contribution in [1.29, 1.82) is 0 Å². The van der Waals surface area contributed by atoms with Crippen LogP contribution in [0.2, 0.25) is 0 Å². The number of hydrogen-bond donors (Lipinski definition) is 2. The van der Waals surface area contributed by atoms with Gasteiger partial charge in [0.05, 0.1) is 4.92 Å². The summed E-state index contributed by atoms with van der Waals surface area (Å²) < 4.78 is 0.518. The van der Waals surface area contributed by atoms with E-state index in [1.165, 1.54) is 18.2 Å². The monoisotopic (exact) mass is 338 g/mol. The number of rotatable bonds is 3. The molecule has 1 amide bonds. The van der Waals surface area contributed by atoms with Crippen LogP contribution in [0.25, 0.3) is 0 Å². The molecule has 1 aromatic carbocycles. The zero-order chi connectivity index (χ0) is 14.7. The molecular formula is C11H7BrN4O4. The second-order valence-corrected chi connectivity index (χ2v) is 4.59. The van der Waals surface area contributed by atoms with Crippen LogP contribution < -0.4 is 10.9 Å². The molecule has 0 radical (unpaired) electrons. The van der Waals surface area contributed by atoms with Gasteiger partial charge in [-0.15, -0.1) is 0 Å². The van der Waals surface area contributed by atoms with Crippen molar-refractivity contribution in [2.24, 2.45) is 0 Å². The van der Waals surface area contributed by atoms with E-state index in [1.807, 2.05) is 0 Å². The summed E-state index contributed by atoms with van der Waals surface area (Å²) in [6, 6.07) is 6.58. The van der Waals surface area contributed by atoms with Gasteiger partial charge in [0.25, 0.3) is 17.2 Å². The summed E-state index contributed by atoms with van der Waals surface area (Å²) in [6.45, 7) is 0. The van der Waals surface area contributed by atoms with Crippen molar-refractivity contribution < 1.29 is 9.72 Å². The van der Waals surface area contributed by atoms with Crippen molar-refractivity contribution in [2.45, 2.75) is 0 Å². The number of carbonyl (C=O) groups excluding carboxylic acids is 1. The Morgan fingerprint density at radius 2 is 2.10 bits per heavy atom. The van der Waals surface area contributed by atoms with Gasteiger partial charge in [-0.1, -0.05) is 15.9 Å². The summed E-state index contributed by atoms with van der Waals surface area (Å²) in [5, 5.41) is 18.9. The van der Waals surface area contributed by atoms with Crippen LogP contribution in [-0.2, 0) is 0 Å². The van der Waals surface area contributed by atoms with Crippen molar-refractivity contribution in [2.75, 3.05) is 5.32 Å². The maximum Gasteiger partial charge on any atom is 0.293 e. The molecule has 0 saturated heterocycles. The fourth-order valence-corrected chi connectivity index (χ4v) is 1.77. The summed E-state index contributed by atoms with van der Waals surface area (Å²) in [5.41, 5.74) is -0.716. The lowest BCUT2D eigenvalue weighted by Crippen LogP contribution is -2.18. The summed E-state index contributed by atoms with van der Waals surface area (Å²) in [6.07, 6.45) is 0. The van der Waals surface area contributed by atoms with E-state index in [4.69, 9.17) is 0 Å². The van der Waals surface area contributed by atoms with Crippen molar-refractivity contribution in [1.82, 2.24) is 10.2 Å². The highest BCUT2D eigenvalue weighted by Gasteiger charge is 2.17. The summed E-state index contributed by atoms with van der Waals surface area (Å²) in [4.78, 5) is 33.0. The maximum absolute atomic E-state index is 11.9. The molecular weight excluding hydrogens is 332 g/mol. The third kappa shape index (κ3) is 3.06. The molecule has 0 aliphatic rings. The van der Waals surface area contributed by atoms with Crippen LogP contribution in [0.5, 0.6) is 0 Å². The van der Waals surface area contributed by atoms with E-state index in [9.17, 15) is 19.7 Å². The highest BCUT2D eigenvalue weighted by molar-refractivity contribution is 9.10. The molecule has 0 spiro atoms. The maximum atomic E-state index is 11.9. The molecule has 9 heteroatoms. The van der Waals surface area contributed by atoms with Crippen LogP contribution in [-0.4, -0.2) is 21.0 Å². The van der Waals surface area contributed by atoms with Crippen molar-refractivity contribution in [3.8, 4) is 0 Å². The number of nitro benzene ring substituents is 1. The van der Waals surface area contributed by atoms with E-state index in [0.717, 1.165) is 6.07 Å². The lowest BCUT2D eigenvalue weighted by Gasteiger charge is -2.05. The van der Waals surface area contributed by atoms with Gasteiger partial charge in [-0.3, -0.25) is 19.7 Å². The van der Waals surface area contributed by atoms with Gasteiger partial charge in [0, 0.05) is 16.6 Å². The number of halogens is 1. The highest BCUT2D eigenvalue weighted by atomic mass is 79.9. The molecule has 0 aliphatic carbocycles. The standard InChI is InChI=1S/C11H7BrN4O4/c12-6-1-2-7(9(5-6)16(19)20)13-11(18)8-3-4-10(17)15-14-8/h1-5H,(H,13,18)(H,15,17). The zero-order valence-electron chi connectivity index (χ0n) is 9.79. The predicted octanol–water partition coefficient (Wildman–Crippen LogP) is 1.69. The number of nitrogens with one attached hydrogen (secondary N) is 2. The van der Waals surface area contributed by atoms with Crippen LogP contribution in [0.15, 0.2) is 39.6 Å². The van der Waals surface area contributed by atoms with Crippen LogP contribution in [0.4, 0.5) is 11.4 Å². The number of nitrogens with zero attached hydrogens (tertiary/aromatic N) is 2. The Morgan fingerprint density at radius 1 is 1.35 bits per heavy atom. The molecule has 2 N–H and O–H groups in total. The second-order valence-electron chi connectivity index (χ2n) is 3.68. The van der Waals surface area contributed by atoms with Gasteiger partial charge in [-0.25, -0.2) is 5.10 Å². The van der Waals surface area contributed by atoms with Gasteiger partial charge in [0.1, 0.15) is 11.4 Å². The number of aromatic amines is 1. The Balaban J connectivity index is 2.30. The number of H-pyrrole nitrogens is 1. The SMILES string of the molecule is O=C(Nc1ccc(Br)cc1[N+](=O)[O-])c1ccc(=O)[nH]n1. The topological polar surface area (TPSA) is 118 Å². The van der Waals surface area contributed by atoms with Crippen LogP contribution in [0.1, 0.15) is 10.5 Å². The fourth-order valence-electron chi connectivity index (χ4n) is 1.42. The minimum atomic E-state index is -0.660. The third-order valence-electron chi connectivity index (χ3n) is 2.32. The van der Waals surface area contributed by atoms with Gasteiger partial charge in [-0.2, -0.15) is 5.10 Å². The van der Waals surface area contributed by atoms with Crippen LogP contribution in [0.3, 0.4) is 0 Å². The molecule has 8 nitrogen and oxygen atoms in total. The van der Waals surface area contributed by atoms with Gasteiger partial charge < -0.3 is 5.32 Å². The van der Waals surface area contributed by atoms with Crippen molar-refractivity contribution in [3.63, 3.8) is 0 Å². The van der Waals surface area contributed by atoms with Crippen molar-refractivity contribution >= 4 is 33.2 Å². The molecule has 102 valence electrons. The lowest BCUT2D eigenvalue weighted by molar-refractivity contribution is -0.384. The number of amides is 1. The number of aromatic nitrogens is 2. The van der Waals surface area contributed by atoms with Gasteiger partial charge >= 0.3 is 0 Å². The Bertz CT molecular complexity index is 723. The molecule has 20 heavy (non-hydrogen) atoms. The van der Waals surface area contributed by atoms with Crippen LogP contribution >= 0.6 is 15.9 Å². The number of anilines is 1. The summed E-state index contributed by atoms with van der Waals surface area (Å²) in [7, 11) is 0. The first kappa shape index (κ1) is 13.9. The predicted molar refractivity (Wildman–Crippen MR) is 73.6 cm³/mol. The highest BCUT2D eigenvalue weighted by Crippen LogP contribution is 2.28. The van der Waals surface area contributed by atoms with E-state index in [-0.39, 0.29) is 17.1 Å². The van der Waals surface area contributed by atoms with Gasteiger partial charge in [0.15, 0.2) is 0 Å². The Morgan fingerprint density at radius 3 is 2.70 bits per heavy atom. The number of nitro groups is 1. The number of benzene rings is 1. The summed E-state index contributed by atoms with van der Waals surface area (Å²) >= 11 is 3.11. The Labute approximate surface area is 120 Å². The molecule has 1 aromatic heterocycles. The van der Waals surface area contributed by atoms with E-state index >= 15 is 0 Å². The lowest BCUT2D eigenvalue weighted by atomic mass is 10.2. The molecule has 2 aromatic rings. The van der Waals surface area contributed by atoms with Crippen molar-refractivity contribution in [3.05, 3.63) is 61.0 Å². The third-order valence-corrected chi connectivity index (χ3v) is 2.81. The quantitative estimate of drug-likeness (QED) is 0.652. The number of carbonyl (C=O) groups is 1. The van der Waals surface area contributed by atoms with Crippen LogP contribution in [0, 0.1) is 10.1 Å². The minimum Gasteiger partial charge on any atom is -0.315 e. The smallest absolute Gasteiger partial charge is 0.293 e. The normalized spacial score (nSPS) is 10.1. The average molecular weight is 339 g/mol.